The van der Waals surface area contributed by atoms with E-state index >= 15 is 0 Å². The van der Waals surface area contributed by atoms with Crippen molar-refractivity contribution >= 4 is 5.91 Å². The van der Waals surface area contributed by atoms with E-state index < -0.39 is 0 Å². The van der Waals surface area contributed by atoms with E-state index in [2.05, 4.69) is 22.8 Å². The molecule has 1 amide bonds. The second-order valence-corrected chi connectivity index (χ2v) is 5.28. The first kappa shape index (κ1) is 12.5. The summed E-state index contributed by atoms with van der Waals surface area (Å²) in [6.45, 7) is 3.17. The van der Waals surface area contributed by atoms with Gasteiger partial charge in [0.1, 0.15) is 5.75 Å². The lowest BCUT2D eigenvalue weighted by Crippen LogP contribution is -2.32. The van der Waals surface area contributed by atoms with Crippen LogP contribution in [0.15, 0.2) is 18.2 Å². The van der Waals surface area contributed by atoms with Crippen LogP contribution in [-0.4, -0.2) is 25.6 Å². The number of carbonyl (C=O) groups is 1. The Kier molecular flexibility index (Phi) is 3.69. The average Bonchev–Trinajstić information content (AvgIpc) is 3.17. The maximum absolute atomic E-state index is 11.4. The summed E-state index contributed by atoms with van der Waals surface area (Å²) in [6, 6.07) is 6.35. The Bertz CT molecular complexity index is 469. The molecule has 2 N–H and O–H groups in total. The first-order valence-corrected chi connectivity index (χ1v) is 7.06. The van der Waals surface area contributed by atoms with Crippen molar-refractivity contribution in [2.24, 2.45) is 5.92 Å². The molecule has 0 saturated heterocycles. The van der Waals surface area contributed by atoms with Crippen LogP contribution in [-0.2, 0) is 17.8 Å². The minimum absolute atomic E-state index is 0.219. The number of fused-ring (bicyclic) bond motifs is 1. The van der Waals surface area contributed by atoms with Crippen LogP contribution in [0.2, 0.25) is 0 Å². The number of amides is 1. The van der Waals surface area contributed by atoms with E-state index in [9.17, 15) is 4.79 Å². The van der Waals surface area contributed by atoms with E-state index in [0.29, 0.717) is 12.5 Å². The fraction of sp³-hybridized carbons (Fsp3) is 0.533. The molecule has 0 bridgehead atoms. The molecule has 0 radical (unpaired) electrons. The van der Waals surface area contributed by atoms with Crippen molar-refractivity contribution in [3.63, 3.8) is 0 Å². The third kappa shape index (κ3) is 3.26. The van der Waals surface area contributed by atoms with Gasteiger partial charge in [-0.05, 0) is 30.0 Å². The molecule has 102 valence electrons. The van der Waals surface area contributed by atoms with Crippen molar-refractivity contribution in [1.82, 2.24) is 10.6 Å². The zero-order valence-electron chi connectivity index (χ0n) is 11.1. The van der Waals surface area contributed by atoms with Crippen LogP contribution < -0.4 is 15.4 Å². The van der Waals surface area contributed by atoms with Gasteiger partial charge in [0.25, 0.3) is 0 Å². The number of carbonyl (C=O) groups excluding carboxylic acids is 1. The molecule has 1 fully saturated rings. The summed E-state index contributed by atoms with van der Waals surface area (Å²) < 4.78 is 5.48. The average molecular weight is 260 g/mol. The SMILES string of the molecule is O=C(NCCNCc1ccc2c(c1)CCO2)C1CC1. The number of ether oxygens (including phenoxy) is 1. The first-order chi connectivity index (χ1) is 9.33. The summed E-state index contributed by atoms with van der Waals surface area (Å²) in [6.07, 6.45) is 3.15. The van der Waals surface area contributed by atoms with Crippen molar-refractivity contribution in [1.29, 1.82) is 0 Å². The molecule has 4 nitrogen and oxygen atoms in total. The van der Waals surface area contributed by atoms with Crippen molar-refractivity contribution in [3.8, 4) is 5.75 Å². The fourth-order valence-electron chi connectivity index (χ4n) is 2.35. The van der Waals surface area contributed by atoms with Crippen molar-refractivity contribution in [2.75, 3.05) is 19.7 Å². The molecule has 3 rings (SSSR count). The molecule has 0 aromatic heterocycles. The van der Waals surface area contributed by atoms with Gasteiger partial charge in [0.05, 0.1) is 6.61 Å². The lowest BCUT2D eigenvalue weighted by Gasteiger charge is -2.07. The van der Waals surface area contributed by atoms with Crippen LogP contribution >= 0.6 is 0 Å². The van der Waals surface area contributed by atoms with Crippen LogP contribution in [0.5, 0.6) is 5.75 Å². The summed E-state index contributed by atoms with van der Waals surface area (Å²) >= 11 is 0. The third-order valence-corrected chi connectivity index (χ3v) is 3.63. The number of benzene rings is 1. The van der Waals surface area contributed by atoms with Gasteiger partial charge in [0, 0.05) is 32.0 Å². The van der Waals surface area contributed by atoms with Crippen LogP contribution in [0.3, 0.4) is 0 Å². The van der Waals surface area contributed by atoms with Gasteiger partial charge >= 0.3 is 0 Å². The van der Waals surface area contributed by atoms with Crippen LogP contribution in [0.1, 0.15) is 24.0 Å². The highest BCUT2D eigenvalue weighted by atomic mass is 16.5. The van der Waals surface area contributed by atoms with Gasteiger partial charge in [0.15, 0.2) is 0 Å². The van der Waals surface area contributed by atoms with Gasteiger partial charge in [-0.15, -0.1) is 0 Å². The van der Waals surface area contributed by atoms with Crippen LogP contribution in [0.4, 0.5) is 0 Å². The molecule has 1 aromatic carbocycles. The lowest BCUT2D eigenvalue weighted by atomic mass is 10.1. The minimum atomic E-state index is 0.219. The number of nitrogens with one attached hydrogen (secondary N) is 2. The van der Waals surface area contributed by atoms with Crippen LogP contribution in [0, 0.1) is 5.92 Å². The summed E-state index contributed by atoms with van der Waals surface area (Å²) in [4.78, 5) is 11.4. The zero-order valence-corrected chi connectivity index (χ0v) is 11.1. The van der Waals surface area contributed by atoms with Crippen LogP contribution in [0.25, 0.3) is 0 Å². The summed E-state index contributed by atoms with van der Waals surface area (Å²) in [5.74, 6) is 1.55. The smallest absolute Gasteiger partial charge is 0.223 e. The van der Waals surface area contributed by atoms with Gasteiger partial charge in [-0.25, -0.2) is 0 Å². The predicted octanol–water partition coefficient (Wildman–Crippen LogP) is 1.24. The standard InChI is InChI=1S/C15H20N2O2/c18-15(12-2-3-12)17-7-6-16-10-11-1-4-14-13(9-11)5-8-19-14/h1,4,9,12,16H,2-3,5-8,10H2,(H,17,18). The van der Waals surface area contributed by atoms with Gasteiger partial charge in [-0.2, -0.15) is 0 Å². The highest BCUT2D eigenvalue weighted by Crippen LogP contribution is 2.28. The molecule has 1 aliphatic heterocycles. The summed E-state index contributed by atoms with van der Waals surface area (Å²) in [5, 5.41) is 6.30. The van der Waals surface area contributed by atoms with E-state index in [1.165, 1.54) is 11.1 Å². The predicted molar refractivity (Wildman–Crippen MR) is 73.1 cm³/mol. The molecule has 2 aliphatic rings. The number of rotatable bonds is 6. The Balaban J connectivity index is 1.36. The molecule has 0 unspecified atom stereocenters. The minimum Gasteiger partial charge on any atom is -0.493 e. The molecule has 1 aliphatic carbocycles. The molecular weight excluding hydrogens is 240 g/mol. The maximum Gasteiger partial charge on any atom is 0.223 e. The normalized spacial score (nSPS) is 16.8. The van der Waals surface area contributed by atoms with Crippen molar-refractivity contribution < 1.29 is 9.53 Å². The van der Waals surface area contributed by atoms with E-state index in [4.69, 9.17) is 4.74 Å². The third-order valence-electron chi connectivity index (χ3n) is 3.63. The van der Waals surface area contributed by atoms with Gasteiger partial charge in [-0.1, -0.05) is 12.1 Å². The molecule has 4 heteroatoms. The Morgan fingerprint density at radius 2 is 2.21 bits per heavy atom. The van der Waals surface area contributed by atoms with E-state index in [1.54, 1.807) is 0 Å². The van der Waals surface area contributed by atoms with E-state index in [0.717, 1.165) is 44.7 Å². The molecule has 0 atom stereocenters. The summed E-state index contributed by atoms with van der Waals surface area (Å²) in [7, 11) is 0. The molecular formula is C15H20N2O2. The second-order valence-electron chi connectivity index (χ2n) is 5.28. The largest absolute Gasteiger partial charge is 0.493 e. The lowest BCUT2D eigenvalue weighted by molar-refractivity contribution is -0.122. The van der Waals surface area contributed by atoms with Gasteiger partial charge < -0.3 is 15.4 Å². The Morgan fingerprint density at radius 3 is 3.05 bits per heavy atom. The Hall–Kier alpha value is -1.55. The highest BCUT2D eigenvalue weighted by Gasteiger charge is 2.28. The molecule has 0 spiro atoms. The first-order valence-electron chi connectivity index (χ1n) is 7.06. The Morgan fingerprint density at radius 1 is 1.32 bits per heavy atom. The van der Waals surface area contributed by atoms with Gasteiger partial charge in [-0.3, -0.25) is 4.79 Å². The van der Waals surface area contributed by atoms with Crippen molar-refractivity contribution in [3.05, 3.63) is 29.3 Å². The van der Waals surface area contributed by atoms with E-state index in [1.807, 2.05) is 6.07 Å². The van der Waals surface area contributed by atoms with Crippen molar-refractivity contribution in [2.45, 2.75) is 25.8 Å². The second kappa shape index (κ2) is 5.61. The maximum atomic E-state index is 11.4. The summed E-state index contributed by atoms with van der Waals surface area (Å²) in [5.41, 5.74) is 2.58. The zero-order chi connectivity index (χ0) is 13.1. The van der Waals surface area contributed by atoms with E-state index in [-0.39, 0.29) is 5.91 Å². The van der Waals surface area contributed by atoms with Gasteiger partial charge in [0.2, 0.25) is 5.91 Å². The number of hydrogen-bond donors (Lipinski definition) is 2. The molecule has 1 aromatic rings. The number of hydrogen-bond acceptors (Lipinski definition) is 3. The quantitative estimate of drug-likeness (QED) is 0.757. The molecule has 1 heterocycles. The highest BCUT2D eigenvalue weighted by molar-refractivity contribution is 5.80. The fourth-order valence-corrected chi connectivity index (χ4v) is 2.35. The topological polar surface area (TPSA) is 50.4 Å². The Labute approximate surface area is 113 Å². The monoisotopic (exact) mass is 260 g/mol. The molecule has 1 saturated carbocycles. The molecule has 19 heavy (non-hydrogen) atoms.